The van der Waals surface area contributed by atoms with Gasteiger partial charge >= 0.3 is 0 Å². The average molecular weight is 290 g/mol. The Balaban J connectivity index is 2.50. The lowest BCUT2D eigenvalue weighted by Crippen LogP contribution is -2.20. The van der Waals surface area contributed by atoms with Gasteiger partial charge in [0.15, 0.2) is 5.75 Å². The van der Waals surface area contributed by atoms with Gasteiger partial charge in [0.05, 0.1) is 5.39 Å². The van der Waals surface area contributed by atoms with Gasteiger partial charge in [-0.05, 0) is 0 Å². The Bertz CT molecular complexity index is 916. The lowest BCUT2D eigenvalue weighted by atomic mass is 10.1. The van der Waals surface area contributed by atoms with E-state index in [2.05, 4.69) is 15.2 Å². The van der Waals surface area contributed by atoms with Crippen LogP contribution in [0.15, 0.2) is 39.9 Å². The summed E-state index contributed by atoms with van der Waals surface area (Å²) in [6.07, 6.45) is 0. The van der Waals surface area contributed by atoms with Crippen molar-refractivity contribution < 1.29 is 5.11 Å². The lowest BCUT2D eigenvalue weighted by molar-refractivity contribution is 0.481. The number of aromatic hydroxyl groups is 1. The van der Waals surface area contributed by atoms with Crippen LogP contribution in [0.4, 0.5) is 0 Å². The molecule has 20 heavy (non-hydrogen) atoms. The third-order valence-corrected chi connectivity index (χ3v) is 3.19. The number of hydrogen-bond acceptors (Lipinski definition) is 4. The molecule has 6 nitrogen and oxygen atoms in total. The minimum Gasteiger partial charge on any atom is -0.505 e. The van der Waals surface area contributed by atoms with Crippen LogP contribution in [0, 0.1) is 0 Å². The summed E-state index contributed by atoms with van der Waals surface area (Å²) in [5.41, 5.74) is -0.515. The van der Waals surface area contributed by atoms with Crippen LogP contribution in [0.3, 0.4) is 0 Å². The topological polar surface area (TPSA) is 98.8 Å². The van der Waals surface area contributed by atoms with Gasteiger partial charge in [-0.25, -0.2) is 4.98 Å². The van der Waals surface area contributed by atoms with E-state index in [1.54, 1.807) is 30.3 Å². The number of benzene rings is 1. The lowest BCUT2D eigenvalue weighted by Gasteiger charge is -2.07. The Morgan fingerprint density at radius 3 is 2.25 bits per heavy atom. The molecule has 0 saturated heterocycles. The number of fused-ring (bicyclic) bond motifs is 1. The molecule has 0 aliphatic heterocycles. The summed E-state index contributed by atoms with van der Waals surface area (Å²) in [6, 6.07) is 8.76. The molecule has 2 aromatic heterocycles. The second-order valence-electron chi connectivity index (χ2n) is 4.12. The van der Waals surface area contributed by atoms with Gasteiger partial charge in [0.2, 0.25) is 0 Å². The maximum atomic E-state index is 11.8. The summed E-state index contributed by atoms with van der Waals surface area (Å²) < 4.78 is 0. The van der Waals surface area contributed by atoms with Crippen LogP contribution < -0.4 is 11.1 Å². The van der Waals surface area contributed by atoms with Gasteiger partial charge in [0, 0.05) is 5.56 Å². The quantitative estimate of drug-likeness (QED) is 0.593. The van der Waals surface area contributed by atoms with E-state index in [9.17, 15) is 14.7 Å². The van der Waals surface area contributed by atoms with Gasteiger partial charge in [-0.3, -0.25) is 19.8 Å². The first-order chi connectivity index (χ1) is 9.59. The predicted octanol–water partition coefficient (Wildman–Crippen LogP) is 1.64. The van der Waals surface area contributed by atoms with Gasteiger partial charge in [-0.2, -0.15) is 0 Å². The van der Waals surface area contributed by atoms with Crippen molar-refractivity contribution in [1.29, 1.82) is 0 Å². The largest absolute Gasteiger partial charge is 0.505 e. The molecule has 0 bridgehead atoms. The molecular formula is C13H8ClN3O3. The van der Waals surface area contributed by atoms with E-state index in [0.29, 0.717) is 5.56 Å². The van der Waals surface area contributed by atoms with E-state index >= 15 is 0 Å². The fraction of sp³-hybridized carbons (Fsp3) is 0. The minimum absolute atomic E-state index is 0.132. The fourth-order valence-corrected chi connectivity index (χ4v) is 2.28. The van der Waals surface area contributed by atoms with Crippen LogP contribution in [0.5, 0.6) is 5.75 Å². The smallest absolute Gasteiger partial charge is 0.274 e. The SMILES string of the molecule is O=c1[nH][nH]c(=O)c2c(O)c(-c3ccccc3)nc(Cl)c12. The minimum atomic E-state index is -0.640. The second kappa shape index (κ2) is 4.50. The summed E-state index contributed by atoms with van der Waals surface area (Å²) in [4.78, 5) is 27.5. The van der Waals surface area contributed by atoms with Crippen molar-refractivity contribution in [2.75, 3.05) is 0 Å². The number of pyridine rings is 1. The second-order valence-corrected chi connectivity index (χ2v) is 4.48. The summed E-state index contributed by atoms with van der Waals surface area (Å²) in [6.45, 7) is 0. The highest BCUT2D eigenvalue weighted by molar-refractivity contribution is 6.34. The zero-order valence-electron chi connectivity index (χ0n) is 9.98. The molecule has 0 aliphatic rings. The molecule has 1 aromatic carbocycles. The van der Waals surface area contributed by atoms with Crippen molar-refractivity contribution in [3.8, 4) is 17.0 Å². The number of aromatic nitrogens is 3. The average Bonchev–Trinajstić information content (AvgIpc) is 2.46. The third-order valence-electron chi connectivity index (χ3n) is 2.92. The zero-order valence-corrected chi connectivity index (χ0v) is 10.7. The van der Waals surface area contributed by atoms with Crippen molar-refractivity contribution in [3.63, 3.8) is 0 Å². The number of nitrogens with zero attached hydrogens (tertiary/aromatic N) is 1. The fourth-order valence-electron chi connectivity index (χ4n) is 2.01. The Hall–Kier alpha value is -2.60. The summed E-state index contributed by atoms with van der Waals surface area (Å²) in [5.74, 6) is -0.372. The van der Waals surface area contributed by atoms with E-state index < -0.39 is 11.1 Å². The summed E-state index contributed by atoms with van der Waals surface area (Å²) >= 11 is 5.97. The number of hydrogen-bond donors (Lipinski definition) is 3. The first-order valence-corrected chi connectivity index (χ1v) is 6.06. The van der Waals surface area contributed by atoms with Crippen molar-refractivity contribution in [2.24, 2.45) is 0 Å². The number of halogens is 1. The molecule has 0 amide bonds. The molecule has 0 saturated carbocycles. The van der Waals surface area contributed by atoms with Crippen molar-refractivity contribution in [2.45, 2.75) is 0 Å². The highest BCUT2D eigenvalue weighted by atomic mass is 35.5. The van der Waals surface area contributed by atoms with E-state index in [1.807, 2.05) is 0 Å². The molecule has 3 aromatic rings. The van der Waals surface area contributed by atoms with Crippen LogP contribution in [0.1, 0.15) is 0 Å². The molecule has 3 N–H and O–H groups in total. The Morgan fingerprint density at radius 2 is 1.60 bits per heavy atom. The normalized spacial score (nSPS) is 10.8. The van der Waals surface area contributed by atoms with Gasteiger partial charge in [0.25, 0.3) is 11.1 Å². The Labute approximate surface area is 116 Å². The monoisotopic (exact) mass is 289 g/mol. The van der Waals surface area contributed by atoms with E-state index in [0.717, 1.165) is 0 Å². The first-order valence-electron chi connectivity index (χ1n) is 5.68. The van der Waals surface area contributed by atoms with Gasteiger partial charge in [0.1, 0.15) is 16.2 Å². The first kappa shape index (κ1) is 12.4. The van der Waals surface area contributed by atoms with Gasteiger partial charge < -0.3 is 5.11 Å². The summed E-state index contributed by atoms with van der Waals surface area (Å²) in [5, 5.41) is 14.1. The van der Waals surface area contributed by atoms with Crippen molar-refractivity contribution >= 4 is 22.4 Å². The van der Waals surface area contributed by atoms with Crippen molar-refractivity contribution in [1.82, 2.24) is 15.2 Å². The van der Waals surface area contributed by atoms with Crippen LogP contribution in [-0.2, 0) is 0 Å². The van der Waals surface area contributed by atoms with Crippen molar-refractivity contribution in [3.05, 3.63) is 56.2 Å². The molecule has 0 unspecified atom stereocenters. The Morgan fingerprint density at radius 1 is 1.00 bits per heavy atom. The van der Waals surface area contributed by atoms with Gasteiger partial charge in [-0.1, -0.05) is 41.9 Å². The van der Waals surface area contributed by atoms with Crippen LogP contribution in [-0.4, -0.2) is 20.3 Å². The standard InChI is InChI=1S/C13H8ClN3O3/c14-11-8-7(12(19)16-17-13(8)20)10(18)9(15-11)6-4-2-1-3-5-6/h1-5,18H,(H,16,19)(H,17,20). The summed E-state index contributed by atoms with van der Waals surface area (Å²) in [7, 11) is 0. The number of rotatable bonds is 1. The predicted molar refractivity (Wildman–Crippen MR) is 75.1 cm³/mol. The molecule has 0 aliphatic carbocycles. The van der Waals surface area contributed by atoms with E-state index in [1.165, 1.54) is 0 Å². The van der Waals surface area contributed by atoms with Crippen LogP contribution in [0.25, 0.3) is 22.0 Å². The van der Waals surface area contributed by atoms with E-state index in [4.69, 9.17) is 11.6 Å². The maximum Gasteiger partial charge on any atom is 0.274 e. The zero-order chi connectivity index (χ0) is 14.3. The molecular weight excluding hydrogens is 282 g/mol. The third kappa shape index (κ3) is 1.78. The molecule has 7 heteroatoms. The highest BCUT2D eigenvalue weighted by Gasteiger charge is 2.18. The number of H-pyrrole nitrogens is 2. The molecule has 0 spiro atoms. The molecule has 0 fully saturated rings. The van der Waals surface area contributed by atoms with Crippen LogP contribution >= 0.6 is 11.6 Å². The molecule has 3 rings (SSSR count). The highest BCUT2D eigenvalue weighted by Crippen LogP contribution is 2.33. The van der Waals surface area contributed by atoms with Crippen LogP contribution in [0.2, 0.25) is 5.15 Å². The van der Waals surface area contributed by atoms with E-state index in [-0.39, 0.29) is 27.4 Å². The Kier molecular flexibility index (Phi) is 2.80. The maximum absolute atomic E-state index is 11.8. The number of aromatic amines is 2. The number of nitrogens with one attached hydrogen (secondary N) is 2. The molecule has 0 atom stereocenters. The van der Waals surface area contributed by atoms with Gasteiger partial charge in [-0.15, -0.1) is 0 Å². The molecule has 0 radical (unpaired) electrons. The molecule has 100 valence electrons. The molecule has 2 heterocycles.